The molecule has 0 spiro atoms. The summed E-state index contributed by atoms with van der Waals surface area (Å²) in [5.74, 6) is 2.07. The Bertz CT molecular complexity index is 798. The van der Waals surface area contributed by atoms with Crippen molar-refractivity contribution in [2.75, 3.05) is 20.6 Å². The normalized spacial score (nSPS) is 19.5. The molecule has 1 heterocycles. The van der Waals surface area contributed by atoms with Crippen molar-refractivity contribution in [3.8, 4) is 28.4 Å². The molecule has 0 aromatic heterocycles. The van der Waals surface area contributed by atoms with E-state index in [9.17, 15) is 4.57 Å². The first kappa shape index (κ1) is 16.9. The molecule has 0 N–H and O–H groups in total. The van der Waals surface area contributed by atoms with Crippen LogP contribution in [0, 0.1) is 0 Å². The van der Waals surface area contributed by atoms with Crippen LogP contribution in [0.15, 0.2) is 36.4 Å². The van der Waals surface area contributed by atoms with Gasteiger partial charge in [-0.1, -0.05) is 39.0 Å². The number of hydrogen-bond donors (Lipinski definition) is 0. The van der Waals surface area contributed by atoms with Crippen LogP contribution in [0.4, 0.5) is 0 Å². The third-order valence-corrected chi connectivity index (χ3v) is 8.39. The van der Waals surface area contributed by atoms with Crippen LogP contribution in [-0.2, 0) is 4.57 Å². The van der Waals surface area contributed by atoms with Crippen LogP contribution >= 0.6 is 7.14 Å². The maximum atomic E-state index is 13.8. The quantitative estimate of drug-likeness (QED) is 0.767. The zero-order valence-electron chi connectivity index (χ0n) is 14.8. The molecule has 2 aromatic rings. The zero-order chi connectivity index (χ0) is 17.5. The van der Waals surface area contributed by atoms with Crippen molar-refractivity contribution >= 4 is 12.4 Å². The minimum Gasteiger partial charge on any atom is -0.496 e. The maximum Gasteiger partial charge on any atom is 0.160 e. The molecule has 0 fully saturated rings. The minimum atomic E-state index is -2.74. The SMILES string of the molecule is COc1cccc(OC)c1-c1cccc2c1P(=O)(C(C)(C)C)CO2. The van der Waals surface area contributed by atoms with Gasteiger partial charge in [0.1, 0.15) is 23.6 Å². The van der Waals surface area contributed by atoms with E-state index in [1.165, 1.54) is 0 Å². The lowest BCUT2D eigenvalue weighted by Gasteiger charge is -2.28. The molecule has 1 atom stereocenters. The summed E-state index contributed by atoms with van der Waals surface area (Å²) in [6, 6.07) is 11.4. The fraction of sp³-hybridized carbons (Fsp3) is 0.368. The standard InChI is InChI=1S/C19H23O4P/c1-19(2,3)24(20)12-23-16-11-6-8-13(18(16)24)17-14(21-4)9-7-10-15(17)22-5/h6-11H,12H2,1-5H3. The molecule has 0 amide bonds. The first-order valence-electron chi connectivity index (χ1n) is 7.90. The van der Waals surface area contributed by atoms with Crippen LogP contribution < -0.4 is 19.5 Å². The van der Waals surface area contributed by atoms with E-state index in [0.717, 1.165) is 16.4 Å². The summed E-state index contributed by atoms with van der Waals surface area (Å²) in [5, 5.41) is 0.407. The fourth-order valence-corrected chi connectivity index (χ4v) is 5.66. The number of ether oxygens (including phenoxy) is 3. The predicted octanol–water partition coefficient (Wildman–Crippen LogP) is 4.51. The monoisotopic (exact) mass is 346 g/mol. The molecule has 128 valence electrons. The van der Waals surface area contributed by atoms with Crippen molar-refractivity contribution in [3.05, 3.63) is 36.4 Å². The van der Waals surface area contributed by atoms with Gasteiger partial charge in [0.2, 0.25) is 0 Å². The van der Waals surface area contributed by atoms with Crippen molar-refractivity contribution in [1.29, 1.82) is 0 Å². The summed E-state index contributed by atoms with van der Waals surface area (Å²) in [6.07, 6.45) is 0.236. The first-order chi connectivity index (χ1) is 11.3. The Morgan fingerprint density at radius 1 is 1.00 bits per heavy atom. The van der Waals surface area contributed by atoms with Crippen molar-refractivity contribution in [1.82, 2.24) is 0 Å². The van der Waals surface area contributed by atoms with Gasteiger partial charge in [-0.15, -0.1) is 0 Å². The number of benzene rings is 2. The van der Waals surface area contributed by atoms with Crippen molar-refractivity contribution in [2.24, 2.45) is 0 Å². The highest BCUT2D eigenvalue weighted by Crippen LogP contribution is 2.63. The molecule has 3 rings (SSSR count). The van der Waals surface area contributed by atoms with Gasteiger partial charge < -0.3 is 18.8 Å². The van der Waals surface area contributed by atoms with Gasteiger partial charge in [-0.2, -0.15) is 0 Å². The van der Waals surface area contributed by atoms with Gasteiger partial charge >= 0.3 is 0 Å². The number of rotatable bonds is 3. The van der Waals surface area contributed by atoms with Crippen LogP contribution in [-0.4, -0.2) is 25.7 Å². The Balaban J connectivity index is 2.35. The molecule has 1 aliphatic heterocycles. The highest BCUT2D eigenvalue weighted by Gasteiger charge is 2.47. The maximum absolute atomic E-state index is 13.8. The van der Waals surface area contributed by atoms with Gasteiger partial charge in [0.05, 0.1) is 25.1 Å². The second kappa shape index (κ2) is 5.86. The van der Waals surface area contributed by atoms with Gasteiger partial charge in [-0.3, -0.25) is 0 Å². The van der Waals surface area contributed by atoms with Gasteiger partial charge in [0.15, 0.2) is 7.14 Å². The van der Waals surface area contributed by atoms with Gasteiger partial charge in [-0.05, 0) is 18.2 Å². The summed E-state index contributed by atoms with van der Waals surface area (Å²) >= 11 is 0. The third kappa shape index (κ3) is 2.41. The van der Waals surface area contributed by atoms with Gasteiger partial charge in [0.25, 0.3) is 0 Å². The molecular weight excluding hydrogens is 323 g/mol. The number of hydrogen-bond acceptors (Lipinski definition) is 4. The van der Waals surface area contributed by atoms with E-state index in [2.05, 4.69) is 0 Å². The molecule has 0 aliphatic carbocycles. The van der Waals surface area contributed by atoms with Gasteiger partial charge in [-0.25, -0.2) is 0 Å². The lowest BCUT2D eigenvalue weighted by Crippen LogP contribution is -2.23. The first-order valence-corrected chi connectivity index (χ1v) is 9.79. The molecule has 1 aliphatic rings. The lowest BCUT2D eigenvalue weighted by molar-refractivity contribution is 0.389. The summed E-state index contributed by atoms with van der Waals surface area (Å²) < 4.78 is 30.7. The van der Waals surface area contributed by atoms with E-state index in [0.29, 0.717) is 17.2 Å². The molecule has 0 radical (unpaired) electrons. The molecule has 2 aromatic carbocycles. The van der Waals surface area contributed by atoms with Crippen LogP contribution in [0.5, 0.6) is 17.2 Å². The Morgan fingerprint density at radius 2 is 1.58 bits per heavy atom. The van der Waals surface area contributed by atoms with E-state index in [1.807, 2.05) is 57.2 Å². The van der Waals surface area contributed by atoms with Crippen LogP contribution in [0.25, 0.3) is 11.1 Å². The van der Waals surface area contributed by atoms with Gasteiger partial charge in [0, 0.05) is 10.7 Å². The zero-order valence-corrected chi connectivity index (χ0v) is 15.6. The van der Waals surface area contributed by atoms with Crippen molar-refractivity contribution in [2.45, 2.75) is 25.9 Å². The second-order valence-electron chi connectivity index (χ2n) is 6.87. The van der Waals surface area contributed by atoms with Crippen LogP contribution in [0.1, 0.15) is 20.8 Å². The van der Waals surface area contributed by atoms with E-state index >= 15 is 0 Å². The Kier molecular flexibility index (Phi) is 4.13. The van der Waals surface area contributed by atoms with Crippen LogP contribution in [0.3, 0.4) is 0 Å². The Hall–Kier alpha value is -1.93. The molecule has 4 nitrogen and oxygen atoms in total. The summed E-state index contributed by atoms with van der Waals surface area (Å²) in [5.41, 5.74) is 1.67. The smallest absolute Gasteiger partial charge is 0.160 e. The van der Waals surface area contributed by atoms with E-state index < -0.39 is 7.14 Å². The summed E-state index contributed by atoms with van der Waals surface area (Å²) in [6.45, 7) is 6.01. The summed E-state index contributed by atoms with van der Waals surface area (Å²) in [7, 11) is 0.512. The fourth-order valence-electron chi connectivity index (χ4n) is 3.08. The Labute approximate surface area is 143 Å². The highest BCUT2D eigenvalue weighted by molar-refractivity contribution is 7.73. The minimum absolute atomic E-state index is 0.236. The van der Waals surface area contributed by atoms with E-state index in [1.54, 1.807) is 14.2 Å². The molecule has 24 heavy (non-hydrogen) atoms. The molecular formula is C19H23O4P. The topological polar surface area (TPSA) is 44.8 Å². The number of methoxy groups -OCH3 is 2. The number of fused-ring (bicyclic) bond motifs is 1. The highest BCUT2D eigenvalue weighted by atomic mass is 31.2. The lowest BCUT2D eigenvalue weighted by atomic mass is 10.0. The van der Waals surface area contributed by atoms with Crippen molar-refractivity contribution in [3.63, 3.8) is 0 Å². The summed E-state index contributed by atoms with van der Waals surface area (Å²) in [4.78, 5) is 0. The molecule has 0 bridgehead atoms. The second-order valence-corrected chi connectivity index (χ2v) is 10.4. The molecule has 5 heteroatoms. The molecule has 0 saturated heterocycles. The average Bonchev–Trinajstić information content (AvgIpc) is 2.92. The third-order valence-electron chi connectivity index (χ3n) is 4.54. The Morgan fingerprint density at radius 3 is 2.12 bits per heavy atom. The van der Waals surface area contributed by atoms with Crippen LogP contribution in [0.2, 0.25) is 0 Å². The van der Waals surface area contributed by atoms with E-state index in [4.69, 9.17) is 14.2 Å². The molecule has 1 unspecified atom stereocenters. The van der Waals surface area contributed by atoms with Crippen molar-refractivity contribution < 1.29 is 18.8 Å². The van der Waals surface area contributed by atoms with E-state index in [-0.39, 0.29) is 11.5 Å². The molecule has 0 saturated carbocycles. The predicted molar refractivity (Wildman–Crippen MR) is 97.5 cm³/mol. The average molecular weight is 346 g/mol. The largest absolute Gasteiger partial charge is 0.496 e.